The Morgan fingerprint density at radius 1 is 1.29 bits per heavy atom. The minimum atomic E-state index is -2.98. The van der Waals surface area contributed by atoms with E-state index in [1.54, 1.807) is 0 Å². The van der Waals surface area contributed by atoms with E-state index in [0.717, 1.165) is 31.6 Å². The SMILES string of the molecule is CC1CCn2c(nnc2C2CCCS2(=O)=O)C1. The van der Waals surface area contributed by atoms with Crippen molar-refractivity contribution in [2.75, 3.05) is 5.75 Å². The van der Waals surface area contributed by atoms with Crippen LogP contribution in [0.2, 0.25) is 0 Å². The van der Waals surface area contributed by atoms with Crippen LogP contribution in [-0.4, -0.2) is 28.9 Å². The first kappa shape index (κ1) is 11.2. The summed E-state index contributed by atoms with van der Waals surface area (Å²) in [4.78, 5) is 0. The number of aromatic nitrogens is 3. The number of fused-ring (bicyclic) bond motifs is 1. The van der Waals surface area contributed by atoms with Gasteiger partial charge in [0.25, 0.3) is 0 Å². The van der Waals surface area contributed by atoms with E-state index in [0.29, 0.717) is 23.9 Å². The van der Waals surface area contributed by atoms with Gasteiger partial charge in [-0.2, -0.15) is 0 Å². The van der Waals surface area contributed by atoms with E-state index in [4.69, 9.17) is 0 Å². The summed E-state index contributed by atoms with van der Waals surface area (Å²) in [7, 11) is -2.98. The van der Waals surface area contributed by atoms with Crippen LogP contribution in [0.5, 0.6) is 0 Å². The summed E-state index contributed by atoms with van der Waals surface area (Å²) < 4.78 is 25.9. The van der Waals surface area contributed by atoms with E-state index in [9.17, 15) is 8.42 Å². The van der Waals surface area contributed by atoms with Gasteiger partial charge in [0.1, 0.15) is 11.1 Å². The van der Waals surface area contributed by atoms with Gasteiger partial charge in [-0.05, 0) is 25.2 Å². The molecule has 0 saturated carbocycles. The van der Waals surface area contributed by atoms with E-state index in [1.165, 1.54) is 0 Å². The maximum Gasteiger partial charge on any atom is 0.160 e. The molecule has 1 aromatic heterocycles. The lowest BCUT2D eigenvalue weighted by molar-refractivity contribution is 0.401. The van der Waals surface area contributed by atoms with Crippen molar-refractivity contribution in [3.05, 3.63) is 11.6 Å². The Labute approximate surface area is 101 Å². The van der Waals surface area contributed by atoms with Crippen molar-refractivity contribution in [3.63, 3.8) is 0 Å². The van der Waals surface area contributed by atoms with Crippen molar-refractivity contribution in [2.45, 2.75) is 44.4 Å². The van der Waals surface area contributed by atoms with Crippen LogP contribution in [0.1, 0.15) is 43.1 Å². The van der Waals surface area contributed by atoms with Crippen molar-refractivity contribution < 1.29 is 8.42 Å². The van der Waals surface area contributed by atoms with Crippen molar-refractivity contribution in [3.8, 4) is 0 Å². The normalized spacial score (nSPS) is 31.4. The van der Waals surface area contributed by atoms with Gasteiger partial charge >= 0.3 is 0 Å². The third kappa shape index (κ3) is 1.78. The molecule has 1 fully saturated rings. The van der Waals surface area contributed by atoms with E-state index in [-0.39, 0.29) is 0 Å². The largest absolute Gasteiger partial charge is 0.314 e. The number of sulfone groups is 1. The molecule has 5 nitrogen and oxygen atoms in total. The van der Waals surface area contributed by atoms with Gasteiger partial charge in [-0.25, -0.2) is 8.42 Å². The van der Waals surface area contributed by atoms with E-state index in [2.05, 4.69) is 17.1 Å². The minimum Gasteiger partial charge on any atom is -0.314 e. The lowest BCUT2D eigenvalue weighted by Gasteiger charge is -2.21. The van der Waals surface area contributed by atoms with Crippen LogP contribution < -0.4 is 0 Å². The number of rotatable bonds is 1. The van der Waals surface area contributed by atoms with Crippen LogP contribution in [0.3, 0.4) is 0 Å². The molecule has 6 heteroatoms. The van der Waals surface area contributed by atoms with Crippen molar-refractivity contribution in [1.29, 1.82) is 0 Å². The zero-order valence-corrected chi connectivity index (χ0v) is 10.8. The molecule has 2 aliphatic rings. The summed E-state index contributed by atoms with van der Waals surface area (Å²) in [6.07, 6.45) is 3.46. The molecule has 1 saturated heterocycles. The van der Waals surface area contributed by atoms with Gasteiger partial charge < -0.3 is 4.57 Å². The fraction of sp³-hybridized carbons (Fsp3) is 0.818. The summed E-state index contributed by atoms with van der Waals surface area (Å²) in [5.41, 5.74) is 0. The third-order valence-electron chi connectivity index (χ3n) is 3.85. The lowest BCUT2D eigenvalue weighted by Crippen LogP contribution is -2.21. The smallest absolute Gasteiger partial charge is 0.160 e. The molecule has 0 N–H and O–H groups in total. The monoisotopic (exact) mass is 255 g/mol. The van der Waals surface area contributed by atoms with Gasteiger partial charge in [0.15, 0.2) is 15.7 Å². The van der Waals surface area contributed by atoms with Crippen molar-refractivity contribution in [2.24, 2.45) is 5.92 Å². The molecule has 2 atom stereocenters. The maximum atomic E-state index is 11.9. The zero-order valence-electron chi connectivity index (χ0n) is 9.96. The van der Waals surface area contributed by atoms with Crippen LogP contribution in [0.15, 0.2) is 0 Å². The average Bonchev–Trinajstić information content (AvgIpc) is 2.80. The topological polar surface area (TPSA) is 64.8 Å². The molecule has 1 aromatic rings. The molecule has 0 aromatic carbocycles. The molecule has 2 unspecified atom stereocenters. The van der Waals surface area contributed by atoms with Crippen LogP contribution in [-0.2, 0) is 22.8 Å². The molecule has 0 radical (unpaired) electrons. The Morgan fingerprint density at radius 2 is 2.12 bits per heavy atom. The highest BCUT2D eigenvalue weighted by molar-refractivity contribution is 7.91. The molecule has 2 aliphatic heterocycles. The van der Waals surface area contributed by atoms with Crippen LogP contribution >= 0.6 is 0 Å². The molecule has 0 amide bonds. The highest BCUT2D eigenvalue weighted by Crippen LogP contribution is 2.35. The molecule has 3 rings (SSSR count). The van der Waals surface area contributed by atoms with Crippen LogP contribution in [0.4, 0.5) is 0 Å². The summed E-state index contributed by atoms with van der Waals surface area (Å²) in [6, 6.07) is 0. The van der Waals surface area contributed by atoms with Crippen molar-refractivity contribution >= 4 is 9.84 Å². The molecule has 17 heavy (non-hydrogen) atoms. The highest BCUT2D eigenvalue weighted by atomic mass is 32.2. The standard InChI is InChI=1S/C11H17N3O2S/c1-8-4-5-14-10(7-8)12-13-11(14)9-3-2-6-17(9,15)16/h8-9H,2-7H2,1H3. The fourth-order valence-corrected chi connectivity index (χ4v) is 4.70. The molecular formula is C11H17N3O2S. The molecule has 94 valence electrons. The Bertz CT molecular complexity index is 535. The van der Waals surface area contributed by atoms with Gasteiger partial charge in [0.05, 0.1) is 5.75 Å². The minimum absolute atomic E-state index is 0.302. The number of hydrogen-bond acceptors (Lipinski definition) is 4. The van der Waals surface area contributed by atoms with Gasteiger partial charge in [0.2, 0.25) is 0 Å². The van der Waals surface area contributed by atoms with Crippen LogP contribution in [0.25, 0.3) is 0 Å². The Kier molecular flexibility index (Phi) is 2.50. The van der Waals surface area contributed by atoms with E-state index in [1.807, 2.05) is 4.57 Å². The second-order valence-corrected chi connectivity index (χ2v) is 7.52. The Balaban J connectivity index is 2.00. The quantitative estimate of drug-likeness (QED) is 0.754. The third-order valence-corrected chi connectivity index (χ3v) is 6.02. The van der Waals surface area contributed by atoms with Crippen LogP contribution in [0, 0.1) is 5.92 Å². The first-order chi connectivity index (χ1) is 8.08. The fourth-order valence-electron chi connectivity index (χ4n) is 2.83. The molecule has 0 spiro atoms. The first-order valence-electron chi connectivity index (χ1n) is 6.21. The predicted octanol–water partition coefficient (Wildman–Crippen LogP) is 1.11. The van der Waals surface area contributed by atoms with E-state index >= 15 is 0 Å². The number of hydrogen-bond donors (Lipinski definition) is 0. The summed E-state index contributed by atoms with van der Waals surface area (Å²) in [5, 5.41) is 7.90. The van der Waals surface area contributed by atoms with E-state index < -0.39 is 15.1 Å². The average molecular weight is 255 g/mol. The molecule has 3 heterocycles. The lowest BCUT2D eigenvalue weighted by atomic mass is 10.0. The molecular weight excluding hydrogens is 238 g/mol. The highest BCUT2D eigenvalue weighted by Gasteiger charge is 2.37. The second kappa shape index (κ2) is 3.80. The summed E-state index contributed by atoms with van der Waals surface area (Å²) in [6.45, 7) is 3.06. The number of nitrogens with zero attached hydrogens (tertiary/aromatic N) is 3. The molecule has 0 bridgehead atoms. The summed E-state index contributed by atoms with van der Waals surface area (Å²) >= 11 is 0. The zero-order chi connectivity index (χ0) is 12.0. The Morgan fingerprint density at radius 3 is 2.82 bits per heavy atom. The molecule has 0 aliphatic carbocycles. The predicted molar refractivity (Wildman–Crippen MR) is 63.3 cm³/mol. The Hall–Kier alpha value is -0.910. The second-order valence-electron chi connectivity index (χ2n) is 5.22. The van der Waals surface area contributed by atoms with Gasteiger partial charge in [0, 0.05) is 13.0 Å². The van der Waals surface area contributed by atoms with Gasteiger partial charge in [-0.1, -0.05) is 6.92 Å². The summed E-state index contributed by atoms with van der Waals surface area (Å²) in [5.74, 6) is 2.57. The van der Waals surface area contributed by atoms with Gasteiger partial charge in [-0.3, -0.25) is 0 Å². The van der Waals surface area contributed by atoms with Crippen molar-refractivity contribution in [1.82, 2.24) is 14.8 Å². The first-order valence-corrected chi connectivity index (χ1v) is 7.93. The van der Waals surface area contributed by atoms with Gasteiger partial charge in [-0.15, -0.1) is 10.2 Å². The maximum absolute atomic E-state index is 11.9.